The number of ether oxygens (including phenoxy) is 2. The van der Waals surface area contributed by atoms with Gasteiger partial charge in [0.25, 0.3) is 5.91 Å². The first kappa shape index (κ1) is 17.4. The first-order valence-electron chi connectivity index (χ1n) is 8.03. The number of hydrogen-bond donors (Lipinski definition) is 2. The Morgan fingerprint density at radius 2 is 1.96 bits per heavy atom. The van der Waals surface area contributed by atoms with E-state index in [0.717, 1.165) is 18.8 Å². The predicted octanol–water partition coefficient (Wildman–Crippen LogP) is 2.78. The molecule has 2 aromatic carbocycles. The number of para-hydroxylation sites is 1. The fraction of sp³-hybridized carbons (Fsp3) is 0.278. The summed E-state index contributed by atoms with van der Waals surface area (Å²) in [7, 11) is 0. The summed E-state index contributed by atoms with van der Waals surface area (Å²) < 4.78 is 10.8. The molecular weight excluding hydrogens is 342 g/mol. The van der Waals surface area contributed by atoms with Gasteiger partial charge in [-0.25, -0.2) is 0 Å². The molecule has 0 aromatic heterocycles. The van der Waals surface area contributed by atoms with Crippen molar-refractivity contribution in [3.8, 4) is 5.75 Å². The lowest BCUT2D eigenvalue weighted by molar-refractivity contribution is -0.118. The van der Waals surface area contributed by atoms with Crippen LogP contribution in [0.25, 0.3) is 0 Å². The number of amides is 1. The number of hydrogen-bond acceptors (Lipinski definition) is 5. The third-order valence-corrected chi connectivity index (χ3v) is 4.17. The number of rotatable bonds is 5. The minimum absolute atomic E-state index is 0.0996. The van der Waals surface area contributed by atoms with Crippen LogP contribution in [0.4, 0.5) is 17.1 Å². The number of nitrogens with one attached hydrogen (secondary N) is 1. The van der Waals surface area contributed by atoms with Crippen LogP contribution in [0.1, 0.15) is 0 Å². The zero-order chi connectivity index (χ0) is 17.6. The van der Waals surface area contributed by atoms with Crippen LogP contribution in [0.2, 0.25) is 5.02 Å². The molecule has 1 amide bonds. The molecule has 0 spiro atoms. The normalized spacial score (nSPS) is 14.2. The molecule has 0 unspecified atom stereocenters. The van der Waals surface area contributed by atoms with Crippen molar-refractivity contribution >= 4 is 34.6 Å². The Morgan fingerprint density at radius 3 is 2.68 bits per heavy atom. The van der Waals surface area contributed by atoms with E-state index >= 15 is 0 Å². The first-order valence-corrected chi connectivity index (χ1v) is 8.40. The number of anilines is 3. The number of nitrogen functional groups attached to an aromatic ring is 1. The van der Waals surface area contributed by atoms with E-state index in [0.29, 0.717) is 35.4 Å². The number of carbonyl (C=O) groups is 1. The number of halogens is 1. The molecule has 6 nitrogen and oxygen atoms in total. The molecule has 0 atom stereocenters. The molecule has 0 saturated carbocycles. The fourth-order valence-corrected chi connectivity index (χ4v) is 2.82. The zero-order valence-electron chi connectivity index (χ0n) is 13.7. The van der Waals surface area contributed by atoms with Gasteiger partial charge in [-0.05, 0) is 24.3 Å². The molecule has 1 aliphatic rings. The van der Waals surface area contributed by atoms with Crippen molar-refractivity contribution in [1.82, 2.24) is 0 Å². The van der Waals surface area contributed by atoms with E-state index in [1.807, 2.05) is 18.2 Å². The Balaban J connectivity index is 1.67. The van der Waals surface area contributed by atoms with E-state index in [9.17, 15) is 4.79 Å². The number of carbonyl (C=O) groups excluding carboxylic acids is 1. The van der Waals surface area contributed by atoms with Crippen LogP contribution < -0.4 is 20.7 Å². The number of benzene rings is 2. The van der Waals surface area contributed by atoms with Crippen LogP contribution in [-0.4, -0.2) is 38.8 Å². The van der Waals surface area contributed by atoms with Gasteiger partial charge in [0.2, 0.25) is 0 Å². The highest BCUT2D eigenvalue weighted by atomic mass is 35.5. The van der Waals surface area contributed by atoms with Crippen molar-refractivity contribution in [3.05, 3.63) is 47.5 Å². The molecule has 0 bridgehead atoms. The van der Waals surface area contributed by atoms with Gasteiger partial charge in [0, 0.05) is 13.1 Å². The van der Waals surface area contributed by atoms with Crippen molar-refractivity contribution < 1.29 is 14.3 Å². The summed E-state index contributed by atoms with van der Waals surface area (Å²) in [5.74, 6) is 0.346. The van der Waals surface area contributed by atoms with Crippen molar-refractivity contribution in [1.29, 1.82) is 0 Å². The average Bonchev–Trinajstić information content (AvgIpc) is 2.64. The summed E-state index contributed by atoms with van der Waals surface area (Å²) in [6.45, 7) is 2.69. The smallest absolute Gasteiger partial charge is 0.262 e. The molecule has 2 aromatic rings. The van der Waals surface area contributed by atoms with E-state index in [4.69, 9.17) is 26.8 Å². The van der Waals surface area contributed by atoms with Crippen LogP contribution >= 0.6 is 11.6 Å². The highest BCUT2D eigenvalue weighted by Crippen LogP contribution is 2.33. The molecule has 1 saturated heterocycles. The van der Waals surface area contributed by atoms with Crippen LogP contribution in [0.5, 0.6) is 5.75 Å². The molecular formula is C18H20ClN3O3. The molecule has 1 heterocycles. The number of nitrogens with two attached hydrogens (primary N) is 1. The second kappa shape index (κ2) is 8.09. The molecule has 3 rings (SSSR count). The van der Waals surface area contributed by atoms with Crippen molar-refractivity contribution in [3.63, 3.8) is 0 Å². The van der Waals surface area contributed by atoms with Crippen LogP contribution in [-0.2, 0) is 9.53 Å². The molecule has 1 aliphatic heterocycles. The molecule has 25 heavy (non-hydrogen) atoms. The Morgan fingerprint density at radius 1 is 1.24 bits per heavy atom. The van der Waals surface area contributed by atoms with E-state index in [1.54, 1.807) is 24.3 Å². The van der Waals surface area contributed by atoms with E-state index in [-0.39, 0.29) is 12.5 Å². The van der Waals surface area contributed by atoms with Crippen LogP contribution in [0.3, 0.4) is 0 Å². The summed E-state index contributed by atoms with van der Waals surface area (Å²) in [5.41, 5.74) is 8.01. The summed E-state index contributed by atoms with van der Waals surface area (Å²) in [6.07, 6.45) is 0. The minimum Gasteiger partial charge on any atom is -0.484 e. The van der Waals surface area contributed by atoms with E-state index in [2.05, 4.69) is 10.2 Å². The molecule has 132 valence electrons. The van der Waals surface area contributed by atoms with E-state index in [1.165, 1.54) is 0 Å². The highest BCUT2D eigenvalue weighted by molar-refractivity contribution is 6.34. The maximum Gasteiger partial charge on any atom is 0.262 e. The van der Waals surface area contributed by atoms with Gasteiger partial charge < -0.3 is 25.4 Å². The van der Waals surface area contributed by atoms with Gasteiger partial charge in [-0.3, -0.25) is 4.79 Å². The standard InChI is InChI=1S/C18H20ClN3O3/c19-14-10-15(20)17(22-6-8-24-9-7-22)11-16(14)21-18(23)12-25-13-4-2-1-3-5-13/h1-5,10-11H,6-9,12,20H2,(H,21,23). The van der Waals surface area contributed by atoms with Gasteiger partial charge in [0.05, 0.1) is 35.3 Å². The third kappa shape index (κ3) is 4.55. The maximum absolute atomic E-state index is 12.2. The van der Waals surface area contributed by atoms with Gasteiger partial charge in [-0.15, -0.1) is 0 Å². The van der Waals surface area contributed by atoms with Gasteiger partial charge in [-0.2, -0.15) is 0 Å². The lowest BCUT2D eigenvalue weighted by atomic mass is 10.2. The van der Waals surface area contributed by atoms with Crippen molar-refractivity contribution in [2.45, 2.75) is 0 Å². The lowest BCUT2D eigenvalue weighted by Gasteiger charge is -2.30. The molecule has 7 heteroatoms. The van der Waals surface area contributed by atoms with Gasteiger partial charge >= 0.3 is 0 Å². The zero-order valence-corrected chi connectivity index (χ0v) is 14.5. The average molecular weight is 362 g/mol. The third-order valence-electron chi connectivity index (χ3n) is 3.86. The molecule has 0 aliphatic carbocycles. The summed E-state index contributed by atoms with van der Waals surface area (Å²) >= 11 is 6.22. The topological polar surface area (TPSA) is 76.8 Å². The SMILES string of the molecule is Nc1cc(Cl)c(NC(=O)COc2ccccc2)cc1N1CCOCC1. The van der Waals surface area contributed by atoms with E-state index < -0.39 is 0 Å². The quantitative estimate of drug-likeness (QED) is 0.801. The lowest BCUT2D eigenvalue weighted by Crippen LogP contribution is -2.36. The Labute approximate surface area is 151 Å². The van der Waals surface area contributed by atoms with Crippen molar-refractivity contribution in [2.24, 2.45) is 0 Å². The summed E-state index contributed by atoms with van der Waals surface area (Å²) in [4.78, 5) is 14.3. The summed E-state index contributed by atoms with van der Waals surface area (Å²) in [6, 6.07) is 12.6. The second-order valence-electron chi connectivity index (χ2n) is 5.64. The van der Waals surface area contributed by atoms with Gasteiger partial charge in [0.15, 0.2) is 6.61 Å². The Hall–Kier alpha value is -2.44. The van der Waals surface area contributed by atoms with Gasteiger partial charge in [-0.1, -0.05) is 29.8 Å². The highest BCUT2D eigenvalue weighted by Gasteiger charge is 2.17. The Bertz CT molecular complexity index is 734. The largest absolute Gasteiger partial charge is 0.484 e. The van der Waals surface area contributed by atoms with Crippen LogP contribution in [0.15, 0.2) is 42.5 Å². The van der Waals surface area contributed by atoms with Gasteiger partial charge in [0.1, 0.15) is 5.75 Å². The Kier molecular flexibility index (Phi) is 5.63. The maximum atomic E-state index is 12.2. The number of nitrogens with zero attached hydrogens (tertiary/aromatic N) is 1. The predicted molar refractivity (Wildman–Crippen MR) is 99.5 cm³/mol. The fourth-order valence-electron chi connectivity index (χ4n) is 2.60. The molecule has 0 radical (unpaired) electrons. The minimum atomic E-state index is -0.288. The van der Waals surface area contributed by atoms with Crippen molar-refractivity contribution in [2.75, 3.05) is 48.9 Å². The summed E-state index contributed by atoms with van der Waals surface area (Å²) in [5, 5.41) is 3.17. The first-order chi connectivity index (χ1) is 12.1. The second-order valence-corrected chi connectivity index (χ2v) is 6.05. The number of morpholine rings is 1. The molecule has 1 fully saturated rings. The van der Waals surface area contributed by atoms with Crippen LogP contribution in [0, 0.1) is 0 Å². The molecule has 3 N–H and O–H groups in total. The monoisotopic (exact) mass is 361 g/mol.